The molecule has 5 nitrogen and oxygen atoms in total. The van der Waals surface area contributed by atoms with Gasteiger partial charge in [0.05, 0.1) is 5.69 Å². The number of benzene rings is 2. The molecule has 2 aromatic carbocycles. The molecule has 0 unspecified atom stereocenters. The summed E-state index contributed by atoms with van der Waals surface area (Å²) in [5.74, 6) is 1.27. The Morgan fingerprint density at radius 2 is 1.67 bits per heavy atom. The molecule has 0 heterocycles. The fraction of sp³-hybridized carbons (Fsp3) is 0.200. The molecule has 2 rings (SSSR count). The van der Waals surface area contributed by atoms with E-state index in [0.717, 1.165) is 0 Å². The Labute approximate surface area is 124 Å². The van der Waals surface area contributed by atoms with E-state index in [1.54, 1.807) is 6.07 Å². The molecule has 0 bridgehead atoms. The summed E-state index contributed by atoms with van der Waals surface area (Å²) in [4.78, 5) is -0.140. The van der Waals surface area contributed by atoms with Crippen LogP contribution in [0.1, 0.15) is 25.3 Å². The van der Waals surface area contributed by atoms with E-state index in [2.05, 4.69) is 13.8 Å². The van der Waals surface area contributed by atoms with Crippen molar-refractivity contribution in [3.05, 3.63) is 48.0 Å². The molecule has 2 aromatic rings. The lowest BCUT2D eigenvalue weighted by atomic mass is 10.0. The van der Waals surface area contributed by atoms with Crippen molar-refractivity contribution in [2.24, 2.45) is 5.14 Å². The summed E-state index contributed by atoms with van der Waals surface area (Å²) in [6, 6.07) is 12.0. The normalized spacial score (nSPS) is 11.6. The van der Waals surface area contributed by atoms with E-state index in [1.807, 2.05) is 24.3 Å². The van der Waals surface area contributed by atoms with Crippen LogP contribution in [0, 0.1) is 0 Å². The van der Waals surface area contributed by atoms with Gasteiger partial charge >= 0.3 is 0 Å². The molecule has 0 saturated carbocycles. The Kier molecular flexibility index (Phi) is 4.20. The summed E-state index contributed by atoms with van der Waals surface area (Å²) >= 11 is 0. The summed E-state index contributed by atoms with van der Waals surface area (Å²) in [6.45, 7) is 4.20. The standard InChI is InChI=1S/C15H18N2O3S/c1-10(2)11-6-8-12(9-7-11)20-13-4-3-5-14(15(13)16)21(17,18)19/h3-10H,16H2,1-2H3,(H2,17,18,19). The third-order valence-corrected chi connectivity index (χ3v) is 4.08. The predicted molar refractivity (Wildman–Crippen MR) is 82.8 cm³/mol. The SMILES string of the molecule is CC(C)c1ccc(Oc2cccc(S(N)(=O)=O)c2N)cc1. The molecular weight excluding hydrogens is 288 g/mol. The highest BCUT2D eigenvalue weighted by Gasteiger charge is 2.15. The summed E-state index contributed by atoms with van der Waals surface area (Å²) in [6.07, 6.45) is 0. The van der Waals surface area contributed by atoms with Crippen LogP contribution in [-0.4, -0.2) is 8.42 Å². The van der Waals surface area contributed by atoms with Gasteiger partial charge in [-0.2, -0.15) is 0 Å². The molecule has 0 spiro atoms. The third-order valence-electron chi connectivity index (χ3n) is 3.11. The molecule has 0 aliphatic carbocycles. The topological polar surface area (TPSA) is 95.4 Å². The van der Waals surface area contributed by atoms with Crippen LogP contribution < -0.4 is 15.6 Å². The first kappa shape index (κ1) is 15.3. The van der Waals surface area contributed by atoms with Crippen molar-refractivity contribution < 1.29 is 13.2 Å². The van der Waals surface area contributed by atoms with Gasteiger partial charge in [-0.05, 0) is 35.7 Å². The van der Waals surface area contributed by atoms with Gasteiger partial charge in [-0.15, -0.1) is 0 Å². The number of primary sulfonamides is 1. The van der Waals surface area contributed by atoms with Gasteiger partial charge in [0.1, 0.15) is 10.6 Å². The number of rotatable bonds is 4. The molecule has 112 valence electrons. The molecule has 4 N–H and O–H groups in total. The van der Waals surface area contributed by atoms with Crippen LogP contribution in [0.4, 0.5) is 5.69 Å². The lowest BCUT2D eigenvalue weighted by molar-refractivity contribution is 0.483. The number of nitrogens with two attached hydrogens (primary N) is 2. The largest absolute Gasteiger partial charge is 0.455 e. The van der Waals surface area contributed by atoms with Gasteiger partial charge in [-0.1, -0.05) is 32.0 Å². The van der Waals surface area contributed by atoms with Gasteiger partial charge in [0.2, 0.25) is 10.0 Å². The van der Waals surface area contributed by atoms with E-state index >= 15 is 0 Å². The number of hydrogen-bond acceptors (Lipinski definition) is 4. The van der Waals surface area contributed by atoms with Crippen molar-refractivity contribution in [1.82, 2.24) is 0 Å². The summed E-state index contributed by atoms with van der Waals surface area (Å²) in [7, 11) is -3.87. The second-order valence-electron chi connectivity index (χ2n) is 5.04. The molecule has 0 atom stereocenters. The third kappa shape index (κ3) is 3.53. The number of ether oxygens (including phenoxy) is 1. The van der Waals surface area contributed by atoms with Crippen LogP contribution in [-0.2, 0) is 10.0 Å². The Morgan fingerprint density at radius 3 is 2.19 bits per heavy atom. The minimum absolute atomic E-state index is 0.00735. The van der Waals surface area contributed by atoms with E-state index in [1.165, 1.54) is 17.7 Å². The van der Waals surface area contributed by atoms with Crippen LogP contribution in [0.5, 0.6) is 11.5 Å². The van der Waals surface area contributed by atoms with Crippen molar-refractivity contribution in [1.29, 1.82) is 0 Å². The molecule has 0 aliphatic heterocycles. The molecule has 21 heavy (non-hydrogen) atoms. The molecule has 0 saturated heterocycles. The fourth-order valence-electron chi connectivity index (χ4n) is 1.91. The molecule has 6 heteroatoms. The smallest absolute Gasteiger partial charge is 0.240 e. The lowest BCUT2D eigenvalue weighted by Gasteiger charge is -2.12. The summed E-state index contributed by atoms with van der Waals surface area (Å²) < 4.78 is 28.5. The highest BCUT2D eigenvalue weighted by molar-refractivity contribution is 7.89. The molecule has 0 aromatic heterocycles. The monoisotopic (exact) mass is 306 g/mol. The van der Waals surface area contributed by atoms with Gasteiger partial charge in [-0.3, -0.25) is 0 Å². The second-order valence-corrected chi connectivity index (χ2v) is 6.57. The second kappa shape index (κ2) is 5.75. The molecule has 0 amide bonds. The van der Waals surface area contributed by atoms with Crippen LogP contribution in [0.25, 0.3) is 0 Å². The quantitative estimate of drug-likeness (QED) is 0.849. The van der Waals surface area contributed by atoms with Crippen molar-refractivity contribution in [3.8, 4) is 11.5 Å². The lowest BCUT2D eigenvalue weighted by Crippen LogP contribution is -2.14. The fourth-order valence-corrected chi connectivity index (χ4v) is 2.58. The Morgan fingerprint density at radius 1 is 1.05 bits per heavy atom. The Hall–Kier alpha value is -2.05. The maximum absolute atomic E-state index is 11.4. The van der Waals surface area contributed by atoms with Crippen LogP contribution in [0.15, 0.2) is 47.4 Å². The van der Waals surface area contributed by atoms with E-state index < -0.39 is 10.0 Å². The van der Waals surface area contributed by atoms with E-state index in [-0.39, 0.29) is 16.3 Å². The number of nitrogen functional groups attached to an aromatic ring is 1. The van der Waals surface area contributed by atoms with Crippen LogP contribution in [0.2, 0.25) is 0 Å². The van der Waals surface area contributed by atoms with E-state index in [0.29, 0.717) is 11.7 Å². The van der Waals surface area contributed by atoms with Crippen LogP contribution in [0.3, 0.4) is 0 Å². The first-order chi connectivity index (χ1) is 9.79. The number of sulfonamides is 1. The average molecular weight is 306 g/mol. The number of anilines is 1. The zero-order valence-corrected chi connectivity index (χ0v) is 12.7. The molecule has 0 radical (unpaired) electrons. The number of para-hydroxylation sites is 1. The Balaban J connectivity index is 2.32. The first-order valence-electron chi connectivity index (χ1n) is 6.48. The number of hydrogen-bond donors (Lipinski definition) is 2. The Bertz CT molecular complexity index is 738. The molecular formula is C15H18N2O3S. The maximum atomic E-state index is 11.4. The summed E-state index contributed by atoms with van der Waals surface area (Å²) in [5.41, 5.74) is 7.01. The molecule has 0 fully saturated rings. The predicted octanol–water partition coefficient (Wildman–Crippen LogP) is 2.83. The minimum Gasteiger partial charge on any atom is -0.455 e. The first-order valence-corrected chi connectivity index (χ1v) is 8.03. The summed E-state index contributed by atoms with van der Waals surface area (Å²) in [5, 5.41) is 5.11. The van der Waals surface area contributed by atoms with Gasteiger partial charge in [-0.25, -0.2) is 13.6 Å². The highest BCUT2D eigenvalue weighted by atomic mass is 32.2. The van der Waals surface area contributed by atoms with Gasteiger partial charge in [0.15, 0.2) is 5.75 Å². The van der Waals surface area contributed by atoms with Crippen LogP contribution >= 0.6 is 0 Å². The van der Waals surface area contributed by atoms with Gasteiger partial charge < -0.3 is 10.5 Å². The van der Waals surface area contributed by atoms with Crippen molar-refractivity contribution >= 4 is 15.7 Å². The van der Waals surface area contributed by atoms with E-state index in [4.69, 9.17) is 15.6 Å². The van der Waals surface area contributed by atoms with Crippen molar-refractivity contribution in [2.75, 3.05) is 5.73 Å². The average Bonchev–Trinajstić information content (AvgIpc) is 2.40. The van der Waals surface area contributed by atoms with Gasteiger partial charge in [0.25, 0.3) is 0 Å². The minimum atomic E-state index is -3.87. The maximum Gasteiger partial charge on any atom is 0.240 e. The highest BCUT2D eigenvalue weighted by Crippen LogP contribution is 2.32. The van der Waals surface area contributed by atoms with E-state index in [9.17, 15) is 8.42 Å². The zero-order chi connectivity index (χ0) is 15.6. The van der Waals surface area contributed by atoms with Crippen molar-refractivity contribution in [2.45, 2.75) is 24.7 Å². The molecule has 0 aliphatic rings. The zero-order valence-electron chi connectivity index (χ0n) is 11.9. The van der Waals surface area contributed by atoms with Gasteiger partial charge in [0, 0.05) is 0 Å². The van der Waals surface area contributed by atoms with Crippen molar-refractivity contribution in [3.63, 3.8) is 0 Å².